The molecule has 1 rings (SSSR count). The highest BCUT2D eigenvalue weighted by Crippen LogP contribution is 2.37. The molecule has 1 heterocycles. The Kier molecular flexibility index (Phi) is 11.9. The van der Waals surface area contributed by atoms with Gasteiger partial charge in [0.15, 0.2) is 12.0 Å². The fourth-order valence-corrected chi connectivity index (χ4v) is 1.61. The van der Waals surface area contributed by atoms with E-state index in [-0.39, 0.29) is 16.9 Å². The van der Waals surface area contributed by atoms with E-state index in [0.29, 0.717) is 12.0 Å². The second kappa shape index (κ2) is 11.4. The van der Waals surface area contributed by atoms with Crippen molar-refractivity contribution in [3.8, 4) is 5.75 Å². The molecule has 1 aromatic heterocycles. The van der Waals surface area contributed by atoms with Crippen LogP contribution in [0.5, 0.6) is 5.75 Å². The van der Waals surface area contributed by atoms with Gasteiger partial charge in [0.25, 0.3) is 0 Å². The van der Waals surface area contributed by atoms with Gasteiger partial charge in [0, 0.05) is 11.8 Å². The lowest BCUT2D eigenvalue weighted by atomic mass is 10.1. The third-order valence-corrected chi connectivity index (χ3v) is 2.51. The minimum atomic E-state index is -4.58. The zero-order chi connectivity index (χ0) is 17.1. The number of carbonyl (C=O) groups excluding carboxylic acids is 1. The highest BCUT2D eigenvalue weighted by atomic mass is 31.2. The summed E-state index contributed by atoms with van der Waals surface area (Å²) in [6.07, 6.45) is 1.85. The van der Waals surface area contributed by atoms with Crippen LogP contribution < -0.4 is 4.74 Å². The lowest BCUT2D eigenvalue weighted by Crippen LogP contribution is -2.03. The Bertz CT molecular complexity index is 472. The van der Waals surface area contributed by atoms with E-state index in [4.69, 9.17) is 14.5 Å². The fourth-order valence-electron chi connectivity index (χ4n) is 1.30. The number of nitrogens with zero attached hydrogens (tertiary/aromatic N) is 1. The topological polar surface area (TPSA) is 106 Å². The van der Waals surface area contributed by atoms with Gasteiger partial charge in [-0.05, 0) is 6.92 Å². The van der Waals surface area contributed by atoms with Gasteiger partial charge in [-0.15, -0.1) is 0 Å². The molecule has 0 aliphatic heterocycles. The Morgan fingerprint density at radius 2 is 1.81 bits per heavy atom. The maximum Gasteiger partial charge on any atom is 0.469 e. The van der Waals surface area contributed by atoms with E-state index in [2.05, 4.69) is 9.51 Å². The van der Waals surface area contributed by atoms with Gasteiger partial charge < -0.3 is 14.5 Å². The molecular weight excluding hydrogens is 297 g/mol. The lowest BCUT2D eigenvalue weighted by molar-refractivity contribution is 0.111. The van der Waals surface area contributed by atoms with Crippen molar-refractivity contribution in [1.29, 1.82) is 0 Å². The van der Waals surface area contributed by atoms with Gasteiger partial charge in [-0.2, -0.15) is 0 Å². The molecule has 0 radical (unpaired) electrons. The molecule has 1 aromatic rings. The smallest absolute Gasteiger partial charge is 0.469 e. The first-order valence-corrected chi connectivity index (χ1v) is 8.09. The highest BCUT2D eigenvalue weighted by Gasteiger charge is 2.18. The van der Waals surface area contributed by atoms with E-state index in [1.54, 1.807) is 6.92 Å². The minimum absolute atomic E-state index is 0.174. The summed E-state index contributed by atoms with van der Waals surface area (Å²) in [5.41, 5.74) is 0.939. The summed E-state index contributed by atoms with van der Waals surface area (Å²) in [7, 11) is -3.20. The molecule has 0 amide bonds. The minimum Gasteiger partial charge on any atom is -0.494 e. The van der Waals surface area contributed by atoms with Gasteiger partial charge >= 0.3 is 7.82 Å². The average molecular weight is 321 g/mol. The molecule has 0 fully saturated rings. The quantitative estimate of drug-likeness (QED) is 0.634. The van der Waals surface area contributed by atoms with Crippen LogP contribution in [-0.2, 0) is 15.7 Å². The Morgan fingerprint density at radius 1 is 1.29 bits per heavy atom. The molecule has 0 spiro atoms. The number of phosphoric acid groups is 1. The maximum atomic E-state index is 10.9. The van der Waals surface area contributed by atoms with Gasteiger partial charge in [0.05, 0.1) is 25.0 Å². The Morgan fingerprint density at radius 3 is 2.19 bits per heavy atom. The second-order valence-corrected chi connectivity index (χ2v) is 4.44. The molecule has 0 saturated heterocycles. The number of aromatic nitrogens is 1. The van der Waals surface area contributed by atoms with Crippen LogP contribution in [0.4, 0.5) is 0 Å². The van der Waals surface area contributed by atoms with Gasteiger partial charge in [-0.3, -0.25) is 14.3 Å². The molecular formula is C13H24NO6P. The van der Waals surface area contributed by atoms with Gasteiger partial charge in [0.2, 0.25) is 0 Å². The number of rotatable bonds is 5. The van der Waals surface area contributed by atoms with E-state index < -0.39 is 14.4 Å². The molecule has 0 unspecified atom stereocenters. The van der Waals surface area contributed by atoms with Crippen LogP contribution in [-0.4, -0.2) is 28.2 Å². The fraction of sp³-hybridized carbons (Fsp3) is 0.538. The summed E-state index contributed by atoms with van der Waals surface area (Å²) < 4.78 is 19.9. The van der Waals surface area contributed by atoms with E-state index in [1.807, 2.05) is 27.7 Å². The molecule has 0 aliphatic rings. The van der Waals surface area contributed by atoms with Crippen LogP contribution in [0.3, 0.4) is 0 Å². The number of phosphoric ester groups is 1. The Labute approximate surface area is 125 Å². The first-order chi connectivity index (χ1) is 9.89. The van der Waals surface area contributed by atoms with Crippen molar-refractivity contribution in [2.75, 3.05) is 7.11 Å². The van der Waals surface area contributed by atoms with Gasteiger partial charge in [0.1, 0.15) is 0 Å². The predicted molar refractivity (Wildman–Crippen MR) is 80.4 cm³/mol. The van der Waals surface area contributed by atoms with E-state index in [0.717, 1.165) is 0 Å². The molecule has 2 N–H and O–H groups in total. The summed E-state index contributed by atoms with van der Waals surface area (Å²) >= 11 is 0. The van der Waals surface area contributed by atoms with Crippen LogP contribution in [0.2, 0.25) is 0 Å². The average Bonchev–Trinajstić information content (AvgIpc) is 2.48. The standard InChI is InChI=1S/C9H12NO6P.2C2H6/c1-6-9(15-2)8(4-11)7(3-10-6)5-16-17(12,13)14;2*1-2/h3-4H,5H2,1-2H3,(H2,12,13,14);2*1-2H3. The number of aldehydes is 1. The number of methoxy groups -OCH3 is 1. The third kappa shape index (κ3) is 7.92. The Balaban J connectivity index is 0. The number of hydrogen-bond donors (Lipinski definition) is 2. The second-order valence-electron chi connectivity index (χ2n) is 3.20. The molecule has 122 valence electrons. The van der Waals surface area contributed by atoms with Gasteiger partial charge in [-0.1, -0.05) is 27.7 Å². The van der Waals surface area contributed by atoms with Crippen LogP contribution in [0, 0.1) is 6.92 Å². The van der Waals surface area contributed by atoms with Crippen molar-refractivity contribution >= 4 is 14.1 Å². The molecule has 7 nitrogen and oxygen atoms in total. The molecule has 0 aromatic carbocycles. The summed E-state index contributed by atoms with van der Waals surface area (Å²) in [6, 6.07) is 0. The van der Waals surface area contributed by atoms with Crippen LogP contribution in [0.1, 0.15) is 49.3 Å². The van der Waals surface area contributed by atoms with Crippen molar-refractivity contribution < 1.29 is 28.4 Å². The van der Waals surface area contributed by atoms with E-state index in [1.165, 1.54) is 13.3 Å². The first kappa shape index (κ1) is 22.0. The van der Waals surface area contributed by atoms with Crippen LogP contribution in [0.15, 0.2) is 6.20 Å². The number of carbonyl (C=O) groups is 1. The summed E-state index contributed by atoms with van der Waals surface area (Å²) in [4.78, 5) is 32.0. The lowest BCUT2D eigenvalue weighted by Gasteiger charge is -2.11. The van der Waals surface area contributed by atoms with Gasteiger partial charge in [-0.25, -0.2) is 4.57 Å². The SMILES string of the molecule is CC.CC.COc1c(C)ncc(COP(=O)(O)O)c1C=O. The predicted octanol–water partition coefficient (Wildman–Crippen LogP) is 2.87. The van der Waals surface area contributed by atoms with E-state index >= 15 is 0 Å². The number of hydrogen-bond acceptors (Lipinski definition) is 5. The number of aryl methyl sites for hydroxylation is 1. The Hall–Kier alpha value is -1.27. The first-order valence-electron chi connectivity index (χ1n) is 6.56. The molecule has 8 heteroatoms. The summed E-state index contributed by atoms with van der Waals surface area (Å²) in [5.74, 6) is 0.270. The van der Waals surface area contributed by atoms with E-state index in [9.17, 15) is 9.36 Å². The van der Waals surface area contributed by atoms with Crippen molar-refractivity contribution in [3.63, 3.8) is 0 Å². The molecule has 21 heavy (non-hydrogen) atoms. The molecule has 0 bridgehead atoms. The summed E-state index contributed by atoms with van der Waals surface area (Å²) in [6.45, 7) is 9.24. The molecule has 0 atom stereocenters. The third-order valence-electron chi connectivity index (χ3n) is 2.04. The van der Waals surface area contributed by atoms with Crippen molar-refractivity contribution in [1.82, 2.24) is 4.98 Å². The highest BCUT2D eigenvalue weighted by molar-refractivity contribution is 7.46. The zero-order valence-electron chi connectivity index (χ0n) is 13.3. The summed E-state index contributed by atoms with van der Waals surface area (Å²) in [5, 5.41) is 0. The monoisotopic (exact) mass is 321 g/mol. The molecule has 0 aliphatic carbocycles. The number of ether oxygens (including phenoxy) is 1. The number of pyridine rings is 1. The molecule has 0 saturated carbocycles. The maximum absolute atomic E-state index is 10.9. The normalized spacial score (nSPS) is 9.71. The van der Waals surface area contributed by atoms with Crippen molar-refractivity contribution in [2.45, 2.75) is 41.2 Å². The zero-order valence-corrected chi connectivity index (χ0v) is 14.2. The van der Waals surface area contributed by atoms with Crippen LogP contribution >= 0.6 is 7.82 Å². The van der Waals surface area contributed by atoms with Crippen molar-refractivity contribution in [2.24, 2.45) is 0 Å². The van der Waals surface area contributed by atoms with Crippen LogP contribution in [0.25, 0.3) is 0 Å². The van der Waals surface area contributed by atoms with Crippen molar-refractivity contribution in [3.05, 3.63) is 23.0 Å². The largest absolute Gasteiger partial charge is 0.494 e.